The number of nitrogens with two attached hydrogens (primary N) is 1. The van der Waals surface area contributed by atoms with Crippen LogP contribution in [0.5, 0.6) is 0 Å². The topological polar surface area (TPSA) is 26.0 Å². The fourth-order valence-corrected chi connectivity index (χ4v) is 2.03. The van der Waals surface area contributed by atoms with Gasteiger partial charge in [-0.15, -0.1) is 19.0 Å². The highest BCUT2D eigenvalue weighted by molar-refractivity contribution is 5.86. The van der Waals surface area contributed by atoms with Crippen LogP contribution in [0.4, 0.5) is 0 Å². The summed E-state index contributed by atoms with van der Waals surface area (Å²) >= 11 is 0. The Balaban J connectivity index is 0.00000144. The van der Waals surface area contributed by atoms with E-state index in [4.69, 9.17) is 5.73 Å². The maximum absolute atomic E-state index is 6.20. The van der Waals surface area contributed by atoms with Gasteiger partial charge in [0, 0.05) is 6.04 Å². The van der Waals surface area contributed by atoms with E-state index in [-0.39, 0.29) is 18.4 Å². The third kappa shape index (κ3) is 3.09. The van der Waals surface area contributed by atoms with E-state index in [1.54, 1.807) is 0 Å². The Labute approximate surface area is 109 Å². The lowest BCUT2D eigenvalue weighted by Crippen LogP contribution is -2.10. The van der Waals surface area contributed by atoms with E-state index in [1.807, 2.05) is 6.08 Å². The molecule has 2 N–H and O–H groups in total. The average Bonchev–Trinajstić information content (AvgIpc) is 2.35. The molecule has 0 saturated heterocycles. The fraction of sp³-hybridized carbons (Fsp3) is 0.200. The van der Waals surface area contributed by atoms with Gasteiger partial charge < -0.3 is 5.73 Å². The van der Waals surface area contributed by atoms with Crippen molar-refractivity contribution in [2.24, 2.45) is 5.73 Å². The van der Waals surface area contributed by atoms with Gasteiger partial charge in [-0.3, -0.25) is 0 Å². The van der Waals surface area contributed by atoms with Crippen LogP contribution >= 0.6 is 12.4 Å². The highest BCUT2D eigenvalue weighted by Crippen LogP contribution is 2.25. The lowest BCUT2D eigenvalue weighted by Gasteiger charge is -2.13. The number of rotatable bonds is 4. The van der Waals surface area contributed by atoms with E-state index in [9.17, 15) is 0 Å². The van der Waals surface area contributed by atoms with Crippen LogP contribution in [-0.2, 0) is 0 Å². The molecule has 17 heavy (non-hydrogen) atoms. The van der Waals surface area contributed by atoms with Gasteiger partial charge >= 0.3 is 0 Å². The summed E-state index contributed by atoms with van der Waals surface area (Å²) in [5.74, 6) is 0. The molecule has 0 fully saturated rings. The SMILES string of the molecule is C=CCC[C@H](N)c1cccc2ccccc12.Cl. The van der Waals surface area contributed by atoms with Crippen LogP contribution in [0.15, 0.2) is 55.1 Å². The highest BCUT2D eigenvalue weighted by atomic mass is 35.5. The van der Waals surface area contributed by atoms with E-state index in [0.717, 1.165) is 12.8 Å². The minimum absolute atomic E-state index is 0. The molecule has 2 heteroatoms. The van der Waals surface area contributed by atoms with Crippen LogP contribution in [0.2, 0.25) is 0 Å². The molecule has 1 nitrogen and oxygen atoms in total. The zero-order valence-electron chi connectivity index (χ0n) is 9.80. The molecule has 0 aliphatic rings. The Morgan fingerprint density at radius 3 is 2.59 bits per heavy atom. The van der Waals surface area contributed by atoms with Crippen molar-refractivity contribution in [1.29, 1.82) is 0 Å². The number of benzene rings is 2. The molecular weight excluding hydrogens is 230 g/mol. The van der Waals surface area contributed by atoms with Gasteiger partial charge in [-0.05, 0) is 29.2 Å². The molecule has 0 aliphatic heterocycles. The summed E-state index contributed by atoms with van der Waals surface area (Å²) in [6.45, 7) is 3.73. The highest BCUT2D eigenvalue weighted by Gasteiger charge is 2.08. The molecule has 2 rings (SSSR count). The Morgan fingerprint density at radius 1 is 1.12 bits per heavy atom. The molecule has 1 atom stereocenters. The standard InChI is InChI=1S/C15H17N.ClH/c1-2-3-11-15(16)14-10-6-8-12-7-4-5-9-13(12)14;/h2,4-10,15H,1,3,11,16H2;1H/t15-;/m0./s1. The summed E-state index contributed by atoms with van der Waals surface area (Å²) in [5.41, 5.74) is 7.44. The van der Waals surface area contributed by atoms with Gasteiger partial charge in [-0.2, -0.15) is 0 Å². The lowest BCUT2D eigenvalue weighted by atomic mass is 9.96. The summed E-state index contributed by atoms with van der Waals surface area (Å²) in [7, 11) is 0. The Hall–Kier alpha value is -1.31. The summed E-state index contributed by atoms with van der Waals surface area (Å²) in [5, 5.41) is 2.52. The van der Waals surface area contributed by atoms with Crippen molar-refractivity contribution in [3.05, 3.63) is 60.7 Å². The lowest BCUT2D eigenvalue weighted by molar-refractivity contribution is 0.666. The van der Waals surface area contributed by atoms with Gasteiger partial charge in [0.15, 0.2) is 0 Å². The van der Waals surface area contributed by atoms with Gasteiger partial charge in [-0.25, -0.2) is 0 Å². The van der Waals surface area contributed by atoms with Crippen LogP contribution < -0.4 is 5.73 Å². The third-order valence-electron chi connectivity index (χ3n) is 2.90. The molecule has 0 bridgehead atoms. The molecule has 0 aromatic heterocycles. The predicted octanol–water partition coefficient (Wildman–Crippen LogP) is 4.23. The molecule has 2 aromatic carbocycles. The molecule has 90 valence electrons. The van der Waals surface area contributed by atoms with Crippen LogP contribution in [0, 0.1) is 0 Å². The zero-order valence-corrected chi connectivity index (χ0v) is 10.6. The first-order chi connectivity index (χ1) is 7.83. The Kier molecular flexibility index (Phi) is 5.20. The molecule has 0 radical (unpaired) electrons. The second kappa shape index (κ2) is 6.43. The zero-order chi connectivity index (χ0) is 11.4. The number of allylic oxidation sites excluding steroid dienone is 1. The molecule has 0 unspecified atom stereocenters. The van der Waals surface area contributed by atoms with Crippen LogP contribution in [-0.4, -0.2) is 0 Å². The number of halogens is 1. The van der Waals surface area contributed by atoms with Crippen molar-refractivity contribution < 1.29 is 0 Å². The van der Waals surface area contributed by atoms with E-state index in [0.29, 0.717) is 0 Å². The molecule has 0 spiro atoms. The van der Waals surface area contributed by atoms with Crippen LogP contribution in [0.25, 0.3) is 10.8 Å². The van der Waals surface area contributed by atoms with Crippen molar-refractivity contribution in [3.63, 3.8) is 0 Å². The smallest absolute Gasteiger partial charge is 0.0303 e. The maximum atomic E-state index is 6.20. The van der Waals surface area contributed by atoms with Gasteiger partial charge in [0.1, 0.15) is 0 Å². The van der Waals surface area contributed by atoms with Crippen molar-refractivity contribution in [2.75, 3.05) is 0 Å². The van der Waals surface area contributed by atoms with E-state index in [2.05, 4.69) is 49.0 Å². The molecule has 0 amide bonds. The molecule has 0 heterocycles. The van der Waals surface area contributed by atoms with Crippen molar-refractivity contribution in [1.82, 2.24) is 0 Å². The van der Waals surface area contributed by atoms with Gasteiger partial charge in [-0.1, -0.05) is 48.5 Å². The number of hydrogen-bond acceptors (Lipinski definition) is 1. The molecular formula is C15H18ClN. The third-order valence-corrected chi connectivity index (χ3v) is 2.90. The van der Waals surface area contributed by atoms with Crippen molar-refractivity contribution in [3.8, 4) is 0 Å². The Morgan fingerprint density at radius 2 is 1.82 bits per heavy atom. The number of hydrogen-bond donors (Lipinski definition) is 1. The van der Waals surface area contributed by atoms with Gasteiger partial charge in [0.25, 0.3) is 0 Å². The van der Waals surface area contributed by atoms with Crippen LogP contribution in [0.1, 0.15) is 24.4 Å². The summed E-state index contributed by atoms with van der Waals surface area (Å²) in [6, 6.07) is 14.8. The van der Waals surface area contributed by atoms with E-state index in [1.165, 1.54) is 16.3 Å². The normalized spacial score (nSPS) is 11.8. The van der Waals surface area contributed by atoms with Crippen LogP contribution in [0.3, 0.4) is 0 Å². The Bertz CT molecular complexity index is 488. The first-order valence-electron chi connectivity index (χ1n) is 5.67. The van der Waals surface area contributed by atoms with Crippen molar-refractivity contribution in [2.45, 2.75) is 18.9 Å². The minimum atomic E-state index is 0. The fourth-order valence-electron chi connectivity index (χ4n) is 2.03. The summed E-state index contributed by atoms with van der Waals surface area (Å²) in [6.07, 6.45) is 3.84. The summed E-state index contributed by atoms with van der Waals surface area (Å²) < 4.78 is 0. The first-order valence-corrected chi connectivity index (χ1v) is 5.67. The molecule has 0 aliphatic carbocycles. The summed E-state index contributed by atoms with van der Waals surface area (Å²) in [4.78, 5) is 0. The average molecular weight is 248 g/mol. The van der Waals surface area contributed by atoms with E-state index < -0.39 is 0 Å². The van der Waals surface area contributed by atoms with Gasteiger partial charge in [0.05, 0.1) is 0 Å². The van der Waals surface area contributed by atoms with Gasteiger partial charge in [0.2, 0.25) is 0 Å². The quantitative estimate of drug-likeness (QED) is 0.804. The van der Waals surface area contributed by atoms with Crippen molar-refractivity contribution >= 4 is 23.2 Å². The second-order valence-corrected chi connectivity index (χ2v) is 4.04. The predicted molar refractivity (Wildman–Crippen MR) is 77.6 cm³/mol. The maximum Gasteiger partial charge on any atom is 0.0303 e. The van der Waals surface area contributed by atoms with E-state index >= 15 is 0 Å². The molecule has 0 saturated carbocycles. The number of fused-ring (bicyclic) bond motifs is 1. The monoisotopic (exact) mass is 247 g/mol. The first kappa shape index (κ1) is 13.8. The molecule has 2 aromatic rings. The minimum Gasteiger partial charge on any atom is -0.324 e. The second-order valence-electron chi connectivity index (χ2n) is 4.04. The largest absolute Gasteiger partial charge is 0.324 e.